The molecule has 52 heavy (non-hydrogen) atoms. The molecular weight excluding hydrogens is 673 g/mol. The van der Waals surface area contributed by atoms with E-state index in [4.69, 9.17) is 4.74 Å². The molecule has 6 atom stereocenters. The van der Waals surface area contributed by atoms with Crippen LogP contribution in [0.15, 0.2) is 104 Å². The monoisotopic (exact) mass is 722 g/mol. The summed E-state index contributed by atoms with van der Waals surface area (Å²) in [6.07, 6.45) is 4.69. The van der Waals surface area contributed by atoms with Gasteiger partial charge in [0.25, 0.3) is 5.91 Å². The first kappa shape index (κ1) is 37.2. The van der Waals surface area contributed by atoms with Crippen LogP contribution in [0.2, 0.25) is 0 Å². The molecule has 3 heterocycles. The van der Waals surface area contributed by atoms with Crippen LogP contribution >= 0.6 is 11.8 Å². The smallest absolute Gasteiger partial charge is 0.251 e. The predicted molar refractivity (Wildman–Crippen MR) is 210 cm³/mol. The molecule has 6 rings (SSSR count). The Morgan fingerprint density at radius 2 is 1.48 bits per heavy atom. The van der Waals surface area contributed by atoms with Gasteiger partial charge < -0.3 is 29.4 Å². The third-order valence-electron chi connectivity index (χ3n) is 10.9. The average molecular weight is 723 g/mol. The van der Waals surface area contributed by atoms with Crippen LogP contribution < -0.4 is 19.4 Å². The first-order chi connectivity index (χ1) is 25.3. The molecule has 9 nitrogen and oxygen atoms in total. The van der Waals surface area contributed by atoms with E-state index in [1.54, 1.807) is 38.6 Å². The lowest BCUT2D eigenvalue weighted by molar-refractivity contribution is -0.142. The molecule has 274 valence electrons. The number of aliphatic hydroxyl groups is 1. The van der Waals surface area contributed by atoms with E-state index in [-0.39, 0.29) is 42.7 Å². The minimum absolute atomic E-state index is 0.139. The van der Waals surface area contributed by atoms with Crippen molar-refractivity contribution in [3.8, 4) is 5.75 Å². The number of rotatable bonds is 16. The number of fused-ring (bicyclic) bond motifs is 1. The lowest BCUT2D eigenvalue weighted by atomic mass is 9.70. The Bertz CT molecular complexity index is 1750. The van der Waals surface area contributed by atoms with Crippen LogP contribution in [0.3, 0.4) is 0 Å². The topological polar surface area (TPSA) is 93.6 Å². The highest BCUT2D eigenvalue weighted by Crippen LogP contribution is 2.67. The van der Waals surface area contributed by atoms with Gasteiger partial charge in [0.15, 0.2) is 0 Å². The Labute approximate surface area is 311 Å². The number of ether oxygens (including phenoxy) is 1. The first-order valence-corrected chi connectivity index (χ1v) is 19.2. The number of carbonyl (C=O) groups is 3. The third kappa shape index (κ3) is 6.51. The fraction of sp³-hybridized carbons (Fsp3) is 0.405. The molecule has 3 aromatic rings. The highest BCUT2D eigenvalue weighted by molar-refractivity contribution is 8.02. The number of aliphatic hydroxyl groups excluding tert-OH is 1. The van der Waals surface area contributed by atoms with Crippen molar-refractivity contribution in [1.29, 1.82) is 0 Å². The van der Waals surface area contributed by atoms with Gasteiger partial charge >= 0.3 is 0 Å². The van der Waals surface area contributed by atoms with Gasteiger partial charge in [-0.25, -0.2) is 0 Å². The molecule has 3 aromatic carbocycles. The van der Waals surface area contributed by atoms with Gasteiger partial charge in [-0.15, -0.1) is 24.9 Å². The number of anilines is 3. The molecule has 1 spiro atoms. The summed E-state index contributed by atoms with van der Waals surface area (Å²) in [5, 5.41) is 10.8. The molecule has 3 fully saturated rings. The second kappa shape index (κ2) is 16.0. The van der Waals surface area contributed by atoms with Crippen molar-refractivity contribution < 1.29 is 24.2 Å². The summed E-state index contributed by atoms with van der Waals surface area (Å²) in [6, 6.07) is 23.0. The van der Waals surface area contributed by atoms with Gasteiger partial charge in [-0.3, -0.25) is 14.4 Å². The highest BCUT2D eigenvalue weighted by atomic mass is 32.2. The number of amides is 3. The molecular formula is C42H50N4O5S. The van der Waals surface area contributed by atoms with Crippen molar-refractivity contribution >= 4 is 46.5 Å². The maximum atomic E-state index is 15.3. The maximum Gasteiger partial charge on any atom is 0.251 e. The minimum Gasteiger partial charge on any atom is -0.494 e. The van der Waals surface area contributed by atoms with Crippen molar-refractivity contribution in [2.45, 2.75) is 55.7 Å². The number of hydrogen-bond donors (Lipinski definition) is 1. The average Bonchev–Trinajstić information content (AvgIpc) is 3.82. The molecule has 3 amide bonds. The molecule has 3 aliphatic heterocycles. The van der Waals surface area contributed by atoms with E-state index in [0.717, 1.165) is 24.3 Å². The van der Waals surface area contributed by atoms with Crippen LogP contribution in [0, 0.1) is 11.8 Å². The van der Waals surface area contributed by atoms with Gasteiger partial charge in [0.1, 0.15) is 11.8 Å². The molecule has 1 N–H and O–H groups in total. The number of thioether (sulfide) groups is 1. The van der Waals surface area contributed by atoms with Gasteiger partial charge in [0.05, 0.1) is 35.8 Å². The summed E-state index contributed by atoms with van der Waals surface area (Å²) in [4.78, 5) is 52.4. The Kier molecular flexibility index (Phi) is 11.5. The van der Waals surface area contributed by atoms with Crippen LogP contribution in [-0.2, 0) is 14.4 Å². The van der Waals surface area contributed by atoms with Crippen LogP contribution in [0.4, 0.5) is 17.1 Å². The minimum atomic E-state index is -0.920. The van der Waals surface area contributed by atoms with Crippen molar-refractivity contribution in [1.82, 2.24) is 4.90 Å². The molecule has 0 aliphatic carbocycles. The van der Waals surface area contributed by atoms with Crippen molar-refractivity contribution in [2.24, 2.45) is 11.8 Å². The zero-order valence-electron chi connectivity index (χ0n) is 30.4. The van der Waals surface area contributed by atoms with Crippen molar-refractivity contribution in [3.05, 3.63) is 110 Å². The Morgan fingerprint density at radius 3 is 2.04 bits per heavy atom. The fourth-order valence-electron chi connectivity index (χ4n) is 8.57. The van der Waals surface area contributed by atoms with Gasteiger partial charge in [-0.2, -0.15) is 0 Å². The van der Waals surface area contributed by atoms with E-state index in [9.17, 15) is 9.90 Å². The van der Waals surface area contributed by atoms with Gasteiger partial charge in [0, 0.05) is 48.5 Å². The third-order valence-corrected chi connectivity index (χ3v) is 12.8. The van der Waals surface area contributed by atoms with Crippen LogP contribution in [0.25, 0.3) is 0 Å². The quantitative estimate of drug-likeness (QED) is 0.169. The summed E-state index contributed by atoms with van der Waals surface area (Å²) in [6.45, 7) is 16.4. The number of likely N-dealkylation sites (tertiary alicyclic amines) is 1. The zero-order chi connectivity index (χ0) is 37.0. The highest BCUT2D eigenvalue weighted by Gasteiger charge is 2.75. The fourth-order valence-corrected chi connectivity index (χ4v) is 10.8. The second-order valence-electron chi connectivity index (χ2n) is 13.5. The normalized spacial score (nSPS) is 23.5. The molecule has 0 aromatic heterocycles. The molecule has 3 saturated heterocycles. The van der Waals surface area contributed by atoms with E-state index in [1.807, 2.05) is 85.8 Å². The summed E-state index contributed by atoms with van der Waals surface area (Å²) in [5.41, 5.74) is 3.18. The van der Waals surface area contributed by atoms with Crippen LogP contribution in [0.1, 0.15) is 45.2 Å². The van der Waals surface area contributed by atoms with Gasteiger partial charge in [-0.1, -0.05) is 42.5 Å². The van der Waals surface area contributed by atoms with Crippen LogP contribution in [-0.4, -0.2) is 83.2 Å². The molecule has 3 aliphatic rings. The van der Waals surface area contributed by atoms with Crippen molar-refractivity contribution in [3.63, 3.8) is 0 Å². The van der Waals surface area contributed by atoms with Gasteiger partial charge in [0.2, 0.25) is 11.8 Å². The maximum absolute atomic E-state index is 15.3. The Hall–Kier alpha value is -4.54. The number of benzene rings is 3. The van der Waals surface area contributed by atoms with E-state index in [2.05, 4.69) is 31.9 Å². The largest absolute Gasteiger partial charge is 0.494 e. The van der Waals surface area contributed by atoms with E-state index < -0.39 is 28.7 Å². The number of carbonyl (C=O) groups excluding carboxylic acids is 3. The Morgan fingerprint density at radius 1 is 0.904 bits per heavy atom. The lowest BCUT2D eigenvalue weighted by Gasteiger charge is -2.40. The number of hydrogen-bond acceptors (Lipinski definition) is 7. The molecule has 2 bridgehead atoms. The summed E-state index contributed by atoms with van der Waals surface area (Å²) in [5.74, 6) is -1.37. The standard InChI is InChI=1S/C42H50N4O5S/c1-6-26-44(32-20-22-33(23-21-32)51-10-5)39(48)36-35-24-25-42(52-35)37(36)40(49)46(34(28-47)29-14-12-11-13-15-29)38(42)41(50)45(27-7-2)31-18-16-30(17-19-31)43(8-3)9-4/h6-7,11-23,34-38,47H,1-2,8-10,24-28H2,3-5H3/t34-,35-,36+,37+,38?,42?/m1/s1. The van der Waals surface area contributed by atoms with Crippen molar-refractivity contribution in [2.75, 3.05) is 54.1 Å². The van der Waals surface area contributed by atoms with E-state index in [1.165, 1.54) is 0 Å². The van der Waals surface area contributed by atoms with E-state index >= 15 is 9.59 Å². The molecule has 0 saturated carbocycles. The molecule has 2 unspecified atom stereocenters. The molecule has 10 heteroatoms. The second-order valence-corrected chi connectivity index (χ2v) is 15.1. The first-order valence-electron chi connectivity index (χ1n) is 18.4. The summed E-state index contributed by atoms with van der Waals surface area (Å²) in [7, 11) is 0. The Balaban J connectivity index is 1.43. The summed E-state index contributed by atoms with van der Waals surface area (Å²) >= 11 is 1.62. The summed E-state index contributed by atoms with van der Waals surface area (Å²) < 4.78 is 4.78. The van der Waals surface area contributed by atoms with E-state index in [0.29, 0.717) is 36.6 Å². The zero-order valence-corrected chi connectivity index (χ0v) is 31.2. The SMILES string of the molecule is C=CCN(C(=O)C1N([C@H](CO)c2ccccc2)C(=O)[C@@H]2[C@@H](C(=O)N(CC=C)c3ccc(OCC)cc3)[C@H]3CCC12S3)c1ccc(N(CC)CC)cc1. The predicted octanol–water partition coefficient (Wildman–Crippen LogP) is 6.49. The molecule has 0 radical (unpaired) electrons. The lowest BCUT2D eigenvalue weighted by Crippen LogP contribution is -2.56. The number of nitrogens with zero attached hydrogens (tertiary/aromatic N) is 4. The van der Waals surface area contributed by atoms with Crippen LogP contribution in [0.5, 0.6) is 5.75 Å². The van der Waals surface area contributed by atoms with Gasteiger partial charge in [-0.05, 0) is 87.7 Å².